The Morgan fingerprint density at radius 3 is 2.39 bits per heavy atom. The number of hydrogen-bond donors (Lipinski definition) is 0. The molecule has 2 aromatic rings. The number of ether oxygens (including phenoxy) is 2. The van der Waals surface area contributed by atoms with Crippen molar-refractivity contribution >= 4 is 40.5 Å². The topological polar surface area (TPSA) is 72.9 Å². The van der Waals surface area contributed by atoms with Crippen molar-refractivity contribution in [3.05, 3.63) is 59.2 Å². The third kappa shape index (κ3) is 5.60. The molecule has 1 atom stereocenters. The predicted octanol–water partition coefficient (Wildman–Crippen LogP) is 4.92. The smallest absolute Gasteiger partial charge is 0.343 e. The van der Waals surface area contributed by atoms with Crippen molar-refractivity contribution in [3.8, 4) is 11.5 Å². The van der Waals surface area contributed by atoms with Gasteiger partial charge in [-0.3, -0.25) is 14.5 Å². The monoisotopic (exact) mass is 461 g/mol. The molecule has 8 heteroatoms. The van der Waals surface area contributed by atoms with Gasteiger partial charge < -0.3 is 9.47 Å². The molecular formula is C23H24ClNO5S. The molecule has 1 aliphatic heterocycles. The number of nitrogens with zero attached hydrogens (tertiary/aromatic N) is 1. The number of imide groups is 1. The first-order valence-electron chi connectivity index (χ1n) is 9.88. The Morgan fingerprint density at radius 1 is 1.10 bits per heavy atom. The van der Waals surface area contributed by atoms with Gasteiger partial charge >= 0.3 is 5.97 Å². The number of amides is 2. The molecule has 1 heterocycles. The summed E-state index contributed by atoms with van der Waals surface area (Å²) in [6.45, 7) is 4.34. The summed E-state index contributed by atoms with van der Waals surface area (Å²) in [6, 6.07) is 12.0. The summed E-state index contributed by atoms with van der Waals surface area (Å²) in [5, 5.41) is -0.712. The van der Waals surface area contributed by atoms with E-state index in [0.29, 0.717) is 30.2 Å². The van der Waals surface area contributed by atoms with E-state index in [4.69, 9.17) is 21.1 Å². The highest BCUT2D eigenvalue weighted by Crippen LogP contribution is 2.33. The Balaban J connectivity index is 1.75. The molecule has 1 saturated heterocycles. The van der Waals surface area contributed by atoms with Crippen molar-refractivity contribution < 1.29 is 23.9 Å². The van der Waals surface area contributed by atoms with Gasteiger partial charge in [-0.25, -0.2) is 4.79 Å². The largest absolute Gasteiger partial charge is 0.493 e. The van der Waals surface area contributed by atoms with Gasteiger partial charge in [-0.1, -0.05) is 43.8 Å². The van der Waals surface area contributed by atoms with Crippen LogP contribution in [-0.4, -0.2) is 40.9 Å². The number of hydrogen-bond acceptors (Lipinski definition) is 6. The van der Waals surface area contributed by atoms with E-state index in [-0.39, 0.29) is 22.8 Å². The number of carbonyl (C=O) groups is 3. The number of alkyl halides is 1. The Kier molecular flexibility index (Phi) is 7.62. The standard InChI is InChI=1S/C23H24ClNO5S/c1-14(2)13-25-21(26)20(31-23(25)28)11-16-6-9-18(29-3)19(10-16)30-22(27)17-7-4-15(12-24)5-8-17/h4-10,14,20H,11-13H2,1-3H3. The van der Waals surface area contributed by atoms with E-state index in [2.05, 4.69) is 0 Å². The fraction of sp³-hybridized carbons (Fsp3) is 0.348. The van der Waals surface area contributed by atoms with Crippen LogP contribution >= 0.6 is 23.4 Å². The molecule has 31 heavy (non-hydrogen) atoms. The highest BCUT2D eigenvalue weighted by Gasteiger charge is 2.39. The highest BCUT2D eigenvalue weighted by atomic mass is 35.5. The number of halogens is 1. The molecule has 0 aromatic heterocycles. The van der Waals surface area contributed by atoms with Gasteiger partial charge in [-0.05, 0) is 47.7 Å². The Hall–Kier alpha value is -2.51. The van der Waals surface area contributed by atoms with Crippen LogP contribution in [0.2, 0.25) is 0 Å². The lowest BCUT2D eigenvalue weighted by Crippen LogP contribution is -2.35. The van der Waals surface area contributed by atoms with E-state index >= 15 is 0 Å². The van der Waals surface area contributed by atoms with Crippen LogP contribution in [-0.2, 0) is 17.1 Å². The van der Waals surface area contributed by atoms with Gasteiger partial charge in [0.05, 0.1) is 17.9 Å². The number of benzene rings is 2. The molecule has 0 aliphatic carbocycles. The molecule has 1 unspecified atom stereocenters. The van der Waals surface area contributed by atoms with Crippen LogP contribution < -0.4 is 9.47 Å². The average molecular weight is 462 g/mol. The van der Waals surface area contributed by atoms with E-state index in [1.165, 1.54) is 12.0 Å². The second-order valence-electron chi connectivity index (χ2n) is 7.62. The van der Waals surface area contributed by atoms with E-state index in [9.17, 15) is 14.4 Å². The minimum absolute atomic E-state index is 0.183. The van der Waals surface area contributed by atoms with Crippen molar-refractivity contribution in [2.45, 2.75) is 31.4 Å². The summed E-state index contributed by atoms with van der Waals surface area (Å²) in [7, 11) is 1.49. The lowest BCUT2D eigenvalue weighted by Gasteiger charge is -2.16. The lowest BCUT2D eigenvalue weighted by molar-refractivity contribution is -0.127. The molecule has 2 amide bonds. The van der Waals surface area contributed by atoms with Gasteiger partial charge in [-0.15, -0.1) is 11.6 Å². The molecule has 164 valence electrons. The maximum atomic E-state index is 12.6. The summed E-state index contributed by atoms with van der Waals surface area (Å²) in [5.41, 5.74) is 2.06. The van der Waals surface area contributed by atoms with Crippen molar-refractivity contribution in [2.75, 3.05) is 13.7 Å². The third-order valence-corrected chi connectivity index (χ3v) is 6.13. The van der Waals surface area contributed by atoms with Gasteiger partial charge in [0, 0.05) is 12.4 Å². The van der Waals surface area contributed by atoms with Gasteiger partial charge in [0.15, 0.2) is 11.5 Å². The van der Waals surface area contributed by atoms with Crippen LogP contribution in [0.15, 0.2) is 42.5 Å². The van der Waals surface area contributed by atoms with Crippen molar-refractivity contribution in [2.24, 2.45) is 5.92 Å². The summed E-state index contributed by atoms with van der Waals surface area (Å²) in [4.78, 5) is 38.7. The highest BCUT2D eigenvalue weighted by molar-refractivity contribution is 8.15. The van der Waals surface area contributed by atoms with Crippen molar-refractivity contribution in [1.29, 1.82) is 0 Å². The summed E-state index contributed by atoms with van der Waals surface area (Å²) in [6.07, 6.45) is 0.350. The third-order valence-electron chi connectivity index (χ3n) is 4.75. The van der Waals surface area contributed by atoms with Gasteiger partial charge in [-0.2, -0.15) is 0 Å². The molecule has 0 N–H and O–H groups in total. The number of esters is 1. The maximum absolute atomic E-state index is 12.6. The van der Waals surface area contributed by atoms with Crippen LogP contribution in [0.4, 0.5) is 4.79 Å². The minimum Gasteiger partial charge on any atom is -0.493 e. The fourth-order valence-electron chi connectivity index (χ4n) is 3.19. The zero-order valence-electron chi connectivity index (χ0n) is 17.6. The van der Waals surface area contributed by atoms with Crippen molar-refractivity contribution in [1.82, 2.24) is 4.90 Å². The van der Waals surface area contributed by atoms with Crippen LogP contribution in [0.5, 0.6) is 11.5 Å². The predicted molar refractivity (Wildman–Crippen MR) is 121 cm³/mol. The fourth-order valence-corrected chi connectivity index (χ4v) is 4.41. The molecule has 0 radical (unpaired) electrons. The summed E-state index contributed by atoms with van der Waals surface area (Å²) in [5.74, 6) is 0.515. The van der Waals surface area contributed by atoms with E-state index in [1.807, 2.05) is 13.8 Å². The zero-order chi connectivity index (χ0) is 22.5. The Morgan fingerprint density at radius 2 is 1.77 bits per heavy atom. The first-order chi connectivity index (χ1) is 14.8. The molecule has 6 nitrogen and oxygen atoms in total. The van der Waals surface area contributed by atoms with E-state index in [0.717, 1.165) is 22.9 Å². The van der Waals surface area contributed by atoms with Crippen LogP contribution in [0.1, 0.15) is 35.3 Å². The number of thioether (sulfide) groups is 1. The normalized spacial score (nSPS) is 16.2. The van der Waals surface area contributed by atoms with E-state index in [1.54, 1.807) is 42.5 Å². The first-order valence-corrected chi connectivity index (χ1v) is 11.3. The van der Waals surface area contributed by atoms with E-state index < -0.39 is 11.2 Å². The first kappa shape index (κ1) is 23.2. The molecule has 3 rings (SSSR count). The average Bonchev–Trinajstić information content (AvgIpc) is 3.01. The molecule has 0 spiro atoms. The molecule has 0 bridgehead atoms. The zero-order valence-corrected chi connectivity index (χ0v) is 19.2. The number of rotatable bonds is 8. The molecule has 1 fully saturated rings. The van der Waals surface area contributed by atoms with Crippen LogP contribution in [0.25, 0.3) is 0 Å². The van der Waals surface area contributed by atoms with Gasteiger partial charge in [0.2, 0.25) is 5.91 Å². The van der Waals surface area contributed by atoms with Gasteiger partial charge in [0.25, 0.3) is 5.24 Å². The van der Waals surface area contributed by atoms with Gasteiger partial charge in [0.1, 0.15) is 0 Å². The van der Waals surface area contributed by atoms with Crippen molar-refractivity contribution in [3.63, 3.8) is 0 Å². The number of methoxy groups -OCH3 is 1. The van der Waals surface area contributed by atoms with Crippen LogP contribution in [0.3, 0.4) is 0 Å². The summed E-state index contributed by atoms with van der Waals surface area (Å²) >= 11 is 6.82. The minimum atomic E-state index is -0.527. The molecule has 2 aromatic carbocycles. The molecule has 1 aliphatic rings. The second-order valence-corrected chi connectivity index (χ2v) is 9.05. The van der Waals surface area contributed by atoms with Crippen LogP contribution in [0, 0.1) is 5.92 Å². The lowest BCUT2D eigenvalue weighted by atomic mass is 10.1. The second kappa shape index (κ2) is 10.2. The Labute approximate surface area is 190 Å². The number of carbonyl (C=O) groups excluding carboxylic acids is 3. The SMILES string of the molecule is COc1ccc(CC2SC(=O)N(CC(C)C)C2=O)cc1OC(=O)c1ccc(CCl)cc1. The summed E-state index contributed by atoms with van der Waals surface area (Å²) < 4.78 is 10.9. The Bertz CT molecular complexity index is 976. The molecule has 0 saturated carbocycles. The quantitative estimate of drug-likeness (QED) is 0.316. The molecular weight excluding hydrogens is 438 g/mol. The maximum Gasteiger partial charge on any atom is 0.343 e.